The zero-order valence-corrected chi connectivity index (χ0v) is 9.99. The second-order valence-corrected chi connectivity index (χ2v) is 5.80. The van der Waals surface area contributed by atoms with Crippen molar-refractivity contribution in [1.29, 1.82) is 5.26 Å². The Kier molecular flexibility index (Phi) is 5.07. The van der Waals surface area contributed by atoms with Gasteiger partial charge in [-0.1, -0.05) is 12.1 Å². The SMILES string of the molecule is N#CCS(=O)(Cc1ccc(F)cc1)=NCCO. The molecular weight excluding hydrogens is 243 g/mol. The predicted molar refractivity (Wildman–Crippen MR) is 63.1 cm³/mol. The number of nitrogens with zero attached hydrogens (tertiary/aromatic N) is 2. The van der Waals surface area contributed by atoms with Gasteiger partial charge in [0.2, 0.25) is 0 Å². The average molecular weight is 256 g/mol. The van der Waals surface area contributed by atoms with Gasteiger partial charge in [-0.3, -0.25) is 0 Å². The second-order valence-electron chi connectivity index (χ2n) is 3.42. The Morgan fingerprint density at radius 2 is 2.06 bits per heavy atom. The maximum Gasteiger partial charge on any atom is 0.123 e. The van der Waals surface area contributed by atoms with E-state index in [9.17, 15) is 8.60 Å². The van der Waals surface area contributed by atoms with E-state index < -0.39 is 9.73 Å². The van der Waals surface area contributed by atoms with Crippen LogP contribution in [0.1, 0.15) is 5.56 Å². The molecular formula is C11H13FN2O2S. The molecule has 0 aliphatic carbocycles. The van der Waals surface area contributed by atoms with Crippen molar-refractivity contribution < 1.29 is 13.7 Å². The molecule has 0 radical (unpaired) electrons. The van der Waals surface area contributed by atoms with Crippen LogP contribution in [-0.4, -0.2) is 28.2 Å². The van der Waals surface area contributed by atoms with E-state index in [0.717, 1.165) is 0 Å². The number of hydrogen-bond donors (Lipinski definition) is 1. The van der Waals surface area contributed by atoms with E-state index in [4.69, 9.17) is 10.4 Å². The molecule has 1 aromatic carbocycles. The zero-order chi connectivity index (χ0) is 12.7. The number of nitriles is 1. The summed E-state index contributed by atoms with van der Waals surface area (Å²) in [6.45, 7) is -0.159. The van der Waals surface area contributed by atoms with Crippen LogP contribution in [-0.2, 0) is 15.5 Å². The highest BCUT2D eigenvalue weighted by molar-refractivity contribution is 7.93. The summed E-state index contributed by atoms with van der Waals surface area (Å²) in [7, 11) is -2.69. The molecule has 6 heteroatoms. The molecule has 92 valence electrons. The minimum absolute atomic E-state index is 0.0434. The largest absolute Gasteiger partial charge is 0.394 e. The molecule has 0 bridgehead atoms. The minimum atomic E-state index is -2.69. The molecule has 0 amide bonds. The summed E-state index contributed by atoms with van der Waals surface area (Å²) in [6, 6.07) is 7.40. The number of benzene rings is 1. The van der Waals surface area contributed by atoms with E-state index in [1.54, 1.807) is 0 Å². The molecule has 0 fully saturated rings. The summed E-state index contributed by atoms with van der Waals surface area (Å²) in [6.07, 6.45) is 0. The van der Waals surface area contributed by atoms with Crippen molar-refractivity contribution in [3.8, 4) is 6.07 Å². The first-order valence-corrected chi connectivity index (χ1v) is 6.85. The molecule has 0 saturated carbocycles. The third-order valence-electron chi connectivity index (χ3n) is 2.02. The highest BCUT2D eigenvalue weighted by atomic mass is 32.2. The maximum atomic E-state index is 12.7. The van der Waals surface area contributed by atoms with Gasteiger partial charge in [-0.15, -0.1) is 0 Å². The highest BCUT2D eigenvalue weighted by Crippen LogP contribution is 2.10. The molecule has 0 aliphatic heterocycles. The van der Waals surface area contributed by atoms with Crippen LogP contribution in [0.15, 0.2) is 28.6 Å². The van der Waals surface area contributed by atoms with Gasteiger partial charge >= 0.3 is 0 Å². The van der Waals surface area contributed by atoms with Crippen LogP contribution in [0.4, 0.5) is 4.39 Å². The zero-order valence-electron chi connectivity index (χ0n) is 9.17. The van der Waals surface area contributed by atoms with E-state index in [1.807, 2.05) is 6.07 Å². The molecule has 1 rings (SSSR count). The normalized spacial score (nSPS) is 13.7. The van der Waals surface area contributed by atoms with Crippen molar-refractivity contribution in [2.45, 2.75) is 5.75 Å². The van der Waals surface area contributed by atoms with E-state index >= 15 is 0 Å². The van der Waals surface area contributed by atoms with Crippen LogP contribution in [0.3, 0.4) is 0 Å². The molecule has 0 aromatic heterocycles. The lowest BCUT2D eigenvalue weighted by Crippen LogP contribution is -2.09. The first-order valence-electron chi connectivity index (χ1n) is 5.00. The lowest BCUT2D eigenvalue weighted by atomic mass is 10.2. The third-order valence-corrected chi connectivity index (χ3v) is 4.04. The summed E-state index contributed by atoms with van der Waals surface area (Å²) < 4.78 is 28.7. The van der Waals surface area contributed by atoms with Gasteiger partial charge in [-0.05, 0) is 17.7 Å². The molecule has 17 heavy (non-hydrogen) atoms. The summed E-state index contributed by atoms with van der Waals surface area (Å²) in [4.78, 5) is 0. The number of rotatable bonds is 5. The molecule has 1 unspecified atom stereocenters. The topological polar surface area (TPSA) is 73.5 Å². The average Bonchev–Trinajstić information content (AvgIpc) is 2.30. The van der Waals surface area contributed by atoms with E-state index in [0.29, 0.717) is 5.56 Å². The Bertz CT molecular complexity index is 513. The number of aliphatic hydroxyl groups is 1. The Hall–Kier alpha value is -1.45. The van der Waals surface area contributed by atoms with Gasteiger partial charge in [-0.2, -0.15) is 5.26 Å². The van der Waals surface area contributed by atoms with E-state index in [2.05, 4.69) is 4.36 Å². The monoisotopic (exact) mass is 256 g/mol. The molecule has 4 nitrogen and oxygen atoms in total. The van der Waals surface area contributed by atoms with E-state index in [-0.39, 0.29) is 30.5 Å². The van der Waals surface area contributed by atoms with Gasteiger partial charge in [0.15, 0.2) is 0 Å². The minimum Gasteiger partial charge on any atom is -0.394 e. The van der Waals surface area contributed by atoms with Crippen LogP contribution in [0, 0.1) is 17.1 Å². The van der Waals surface area contributed by atoms with Crippen molar-refractivity contribution in [3.05, 3.63) is 35.6 Å². The summed E-state index contributed by atoms with van der Waals surface area (Å²) in [5.74, 6) is -0.460. The first kappa shape index (κ1) is 13.6. The third kappa shape index (κ3) is 4.51. The van der Waals surface area contributed by atoms with Crippen molar-refractivity contribution in [2.24, 2.45) is 4.36 Å². The lowest BCUT2D eigenvalue weighted by molar-refractivity contribution is 0.307. The molecule has 1 atom stereocenters. The van der Waals surface area contributed by atoms with Crippen LogP contribution in [0.25, 0.3) is 0 Å². The summed E-state index contributed by atoms with van der Waals surface area (Å²) in [5.41, 5.74) is 0.660. The Morgan fingerprint density at radius 1 is 1.41 bits per heavy atom. The van der Waals surface area contributed by atoms with Gasteiger partial charge in [0, 0.05) is 0 Å². The van der Waals surface area contributed by atoms with Crippen LogP contribution in [0.5, 0.6) is 0 Å². The number of aliphatic hydroxyl groups excluding tert-OH is 1. The van der Waals surface area contributed by atoms with Gasteiger partial charge in [0.05, 0.1) is 34.7 Å². The molecule has 0 heterocycles. The predicted octanol–water partition coefficient (Wildman–Crippen LogP) is 1.31. The van der Waals surface area contributed by atoms with E-state index in [1.165, 1.54) is 24.3 Å². The van der Waals surface area contributed by atoms with Crippen LogP contribution in [0.2, 0.25) is 0 Å². The van der Waals surface area contributed by atoms with Crippen LogP contribution < -0.4 is 0 Å². The quantitative estimate of drug-likeness (QED) is 0.863. The molecule has 0 spiro atoms. The van der Waals surface area contributed by atoms with Crippen molar-refractivity contribution in [2.75, 3.05) is 18.9 Å². The van der Waals surface area contributed by atoms with Gasteiger partial charge < -0.3 is 5.11 Å². The number of halogens is 1. The fourth-order valence-corrected chi connectivity index (χ4v) is 2.91. The summed E-state index contributed by atoms with van der Waals surface area (Å²) in [5, 5.41) is 17.3. The van der Waals surface area contributed by atoms with Crippen molar-refractivity contribution in [3.63, 3.8) is 0 Å². The fourth-order valence-electron chi connectivity index (χ4n) is 1.29. The number of hydrogen-bond acceptors (Lipinski definition) is 4. The molecule has 0 saturated heterocycles. The Morgan fingerprint density at radius 3 is 2.59 bits per heavy atom. The van der Waals surface area contributed by atoms with Gasteiger partial charge in [-0.25, -0.2) is 13.0 Å². The van der Waals surface area contributed by atoms with Gasteiger partial charge in [0.1, 0.15) is 11.6 Å². The Labute approximate surface area is 99.9 Å². The maximum absolute atomic E-state index is 12.7. The highest BCUT2D eigenvalue weighted by Gasteiger charge is 2.10. The standard InChI is InChI=1S/C11H13FN2O2S/c12-11-3-1-10(2-4-11)9-17(16,8-5-13)14-6-7-15/h1-4,15H,6-9H2. The lowest BCUT2D eigenvalue weighted by Gasteiger charge is -2.06. The van der Waals surface area contributed by atoms with Gasteiger partial charge in [0.25, 0.3) is 0 Å². The Balaban J connectivity index is 2.91. The van der Waals surface area contributed by atoms with Crippen LogP contribution >= 0.6 is 0 Å². The molecule has 0 aliphatic rings. The first-order chi connectivity index (χ1) is 8.09. The second kappa shape index (κ2) is 6.33. The summed E-state index contributed by atoms with van der Waals surface area (Å²) >= 11 is 0. The smallest absolute Gasteiger partial charge is 0.123 e. The van der Waals surface area contributed by atoms with Crippen molar-refractivity contribution in [1.82, 2.24) is 0 Å². The molecule has 1 N–H and O–H groups in total. The van der Waals surface area contributed by atoms with Crippen molar-refractivity contribution >= 4 is 9.73 Å². The fraction of sp³-hybridized carbons (Fsp3) is 0.364. The molecule has 1 aromatic rings.